The molecule has 0 aliphatic carbocycles. The van der Waals surface area contributed by atoms with Crippen LogP contribution in [-0.4, -0.2) is 45.0 Å². The number of halogens is 3. The van der Waals surface area contributed by atoms with Gasteiger partial charge in [0.05, 0.1) is 25.8 Å². The van der Waals surface area contributed by atoms with E-state index >= 15 is 0 Å². The molecular formula is C16H21F3NO3+. The van der Waals surface area contributed by atoms with E-state index in [-0.39, 0.29) is 12.1 Å². The standard InChI is InChI=1S/C16H20F3NO3/c1-22-13-7-5-6-12(10-13)15(21)23-14(16(17,18)19)11-20-8-3-2-4-9-20/h5-7,10,14H,2-4,8-9,11H2,1H3/p+1/t14-/m0/s1. The third-order valence-electron chi connectivity index (χ3n) is 3.95. The van der Waals surface area contributed by atoms with Crippen LogP contribution in [0, 0.1) is 0 Å². The highest BCUT2D eigenvalue weighted by Gasteiger charge is 2.45. The Balaban J connectivity index is 2.05. The first-order chi connectivity index (χ1) is 10.9. The van der Waals surface area contributed by atoms with Crippen LogP contribution < -0.4 is 9.64 Å². The average Bonchev–Trinajstić information content (AvgIpc) is 2.54. The number of ether oxygens (including phenoxy) is 2. The molecule has 0 amide bonds. The number of likely N-dealkylation sites (tertiary alicyclic amines) is 1. The van der Waals surface area contributed by atoms with Gasteiger partial charge in [-0.1, -0.05) is 6.07 Å². The van der Waals surface area contributed by atoms with Crippen LogP contribution in [0.25, 0.3) is 0 Å². The second-order valence-electron chi connectivity index (χ2n) is 5.68. The topological polar surface area (TPSA) is 40.0 Å². The number of piperidine rings is 1. The molecule has 1 aromatic carbocycles. The van der Waals surface area contributed by atoms with Gasteiger partial charge in [-0.2, -0.15) is 13.2 Å². The fourth-order valence-electron chi connectivity index (χ4n) is 2.69. The summed E-state index contributed by atoms with van der Waals surface area (Å²) in [6.45, 7) is 1.13. The van der Waals surface area contributed by atoms with Gasteiger partial charge in [0, 0.05) is 0 Å². The predicted molar refractivity (Wildman–Crippen MR) is 77.7 cm³/mol. The largest absolute Gasteiger partial charge is 0.497 e. The fourth-order valence-corrected chi connectivity index (χ4v) is 2.69. The van der Waals surface area contributed by atoms with E-state index in [1.807, 2.05) is 0 Å². The maximum Gasteiger partial charge on any atom is 0.431 e. The van der Waals surface area contributed by atoms with Crippen molar-refractivity contribution in [3.8, 4) is 5.75 Å². The molecule has 1 aliphatic rings. The molecule has 1 N–H and O–H groups in total. The van der Waals surface area contributed by atoms with Gasteiger partial charge in [0.25, 0.3) is 0 Å². The van der Waals surface area contributed by atoms with Crippen molar-refractivity contribution >= 4 is 5.97 Å². The van der Waals surface area contributed by atoms with Crippen LogP contribution in [0.3, 0.4) is 0 Å². The van der Waals surface area contributed by atoms with Gasteiger partial charge in [-0.3, -0.25) is 0 Å². The van der Waals surface area contributed by atoms with E-state index in [1.54, 1.807) is 6.07 Å². The second-order valence-corrected chi connectivity index (χ2v) is 5.68. The first-order valence-electron chi connectivity index (χ1n) is 7.65. The molecular weight excluding hydrogens is 311 g/mol. The smallest absolute Gasteiger partial charge is 0.431 e. The summed E-state index contributed by atoms with van der Waals surface area (Å²) in [6, 6.07) is 5.92. The summed E-state index contributed by atoms with van der Waals surface area (Å²) in [5, 5.41) is 0. The lowest BCUT2D eigenvalue weighted by Crippen LogP contribution is -3.14. The molecule has 0 unspecified atom stereocenters. The summed E-state index contributed by atoms with van der Waals surface area (Å²) in [6.07, 6.45) is -3.80. The van der Waals surface area contributed by atoms with Gasteiger partial charge in [0.1, 0.15) is 12.3 Å². The van der Waals surface area contributed by atoms with Crippen molar-refractivity contribution in [1.82, 2.24) is 0 Å². The van der Waals surface area contributed by atoms with E-state index < -0.39 is 18.2 Å². The van der Waals surface area contributed by atoms with Crippen molar-refractivity contribution in [1.29, 1.82) is 0 Å². The van der Waals surface area contributed by atoms with Crippen LogP contribution in [0.4, 0.5) is 13.2 Å². The Morgan fingerprint density at radius 2 is 1.96 bits per heavy atom. The Kier molecular flexibility index (Phi) is 5.87. The minimum absolute atomic E-state index is 0.0484. The number of esters is 1. The van der Waals surface area contributed by atoms with Gasteiger partial charge in [-0.05, 0) is 37.5 Å². The molecule has 128 valence electrons. The quantitative estimate of drug-likeness (QED) is 0.837. The molecule has 1 aliphatic heterocycles. The lowest BCUT2D eigenvalue weighted by atomic mass is 10.1. The molecule has 0 radical (unpaired) electrons. The highest BCUT2D eigenvalue weighted by Crippen LogP contribution is 2.24. The number of carbonyl (C=O) groups excluding carboxylic acids is 1. The summed E-state index contributed by atoms with van der Waals surface area (Å²) in [5.41, 5.74) is 0.0484. The van der Waals surface area contributed by atoms with Crippen molar-refractivity contribution in [3.05, 3.63) is 29.8 Å². The molecule has 0 bridgehead atoms. The van der Waals surface area contributed by atoms with Crippen molar-refractivity contribution in [3.63, 3.8) is 0 Å². The first kappa shape index (κ1) is 17.6. The Labute approximate surface area is 133 Å². The van der Waals surface area contributed by atoms with E-state index in [4.69, 9.17) is 9.47 Å². The molecule has 1 saturated heterocycles. The van der Waals surface area contributed by atoms with Crippen molar-refractivity contribution in [2.45, 2.75) is 31.5 Å². The zero-order chi connectivity index (χ0) is 16.9. The lowest BCUT2D eigenvalue weighted by molar-refractivity contribution is -0.909. The number of methoxy groups -OCH3 is 1. The summed E-state index contributed by atoms with van der Waals surface area (Å²) < 4.78 is 49.3. The third kappa shape index (κ3) is 5.13. The van der Waals surface area contributed by atoms with Gasteiger partial charge in [0.15, 0.2) is 0 Å². The molecule has 23 heavy (non-hydrogen) atoms. The number of alkyl halides is 3. The first-order valence-corrected chi connectivity index (χ1v) is 7.65. The highest BCUT2D eigenvalue weighted by atomic mass is 19.4. The zero-order valence-electron chi connectivity index (χ0n) is 13.0. The van der Waals surface area contributed by atoms with E-state index in [1.165, 1.54) is 25.3 Å². The molecule has 1 aromatic rings. The minimum atomic E-state index is -4.57. The number of quaternary nitrogens is 1. The third-order valence-corrected chi connectivity index (χ3v) is 3.95. The molecule has 7 heteroatoms. The molecule has 0 saturated carbocycles. The number of carbonyl (C=O) groups is 1. The summed E-state index contributed by atoms with van der Waals surface area (Å²) in [7, 11) is 1.42. The molecule has 0 aromatic heterocycles. The van der Waals surface area contributed by atoms with Crippen LogP contribution in [0.15, 0.2) is 24.3 Å². The maximum absolute atomic E-state index is 13.2. The highest BCUT2D eigenvalue weighted by molar-refractivity contribution is 5.90. The van der Waals surface area contributed by atoms with E-state index in [0.29, 0.717) is 18.8 Å². The Morgan fingerprint density at radius 3 is 2.57 bits per heavy atom. The number of hydrogen-bond acceptors (Lipinski definition) is 3. The van der Waals surface area contributed by atoms with Gasteiger partial charge in [-0.25, -0.2) is 4.79 Å². The van der Waals surface area contributed by atoms with Crippen LogP contribution >= 0.6 is 0 Å². The van der Waals surface area contributed by atoms with Crippen molar-refractivity contribution in [2.24, 2.45) is 0 Å². The minimum Gasteiger partial charge on any atom is -0.497 e. The van der Waals surface area contributed by atoms with Gasteiger partial charge >= 0.3 is 12.1 Å². The zero-order valence-corrected chi connectivity index (χ0v) is 13.0. The molecule has 4 nitrogen and oxygen atoms in total. The van der Waals surface area contributed by atoms with Crippen molar-refractivity contribution < 1.29 is 32.3 Å². The van der Waals surface area contributed by atoms with E-state index in [2.05, 4.69) is 0 Å². The summed E-state index contributed by atoms with van der Waals surface area (Å²) >= 11 is 0. The molecule has 0 spiro atoms. The van der Waals surface area contributed by atoms with Crippen LogP contribution in [0.2, 0.25) is 0 Å². The van der Waals surface area contributed by atoms with E-state index in [0.717, 1.165) is 24.2 Å². The van der Waals surface area contributed by atoms with Crippen LogP contribution in [0.5, 0.6) is 5.75 Å². The normalized spacial score (nSPS) is 17.6. The van der Waals surface area contributed by atoms with Gasteiger partial charge in [-0.15, -0.1) is 0 Å². The maximum atomic E-state index is 13.2. The monoisotopic (exact) mass is 332 g/mol. The van der Waals surface area contributed by atoms with E-state index in [9.17, 15) is 18.0 Å². The molecule has 1 atom stereocenters. The summed E-state index contributed by atoms with van der Waals surface area (Å²) in [5.74, 6) is -0.590. The second kappa shape index (κ2) is 7.68. The molecule has 1 heterocycles. The molecule has 1 fully saturated rings. The average molecular weight is 332 g/mol. The Hall–Kier alpha value is -1.76. The number of rotatable bonds is 5. The number of nitrogens with one attached hydrogen (secondary N) is 1. The predicted octanol–water partition coefficient (Wildman–Crippen LogP) is 1.85. The van der Waals surface area contributed by atoms with Crippen molar-refractivity contribution in [2.75, 3.05) is 26.7 Å². The van der Waals surface area contributed by atoms with Gasteiger partial charge in [0.2, 0.25) is 6.10 Å². The lowest BCUT2D eigenvalue weighted by Gasteiger charge is -2.28. The van der Waals surface area contributed by atoms with Gasteiger partial charge < -0.3 is 14.4 Å². The SMILES string of the molecule is COc1cccc(C(=O)O[C@@H](C[NH+]2CCCCC2)C(F)(F)F)c1. The summed E-state index contributed by atoms with van der Waals surface area (Å²) in [4.78, 5) is 12.9. The van der Waals surface area contributed by atoms with Crippen LogP contribution in [0.1, 0.15) is 29.6 Å². The Morgan fingerprint density at radius 1 is 1.26 bits per heavy atom. The number of hydrogen-bond donors (Lipinski definition) is 1. The fraction of sp³-hybridized carbons (Fsp3) is 0.562. The molecule has 2 rings (SSSR count). The van der Waals surface area contributed by atoms with Crippen LogP contribution in [-0.2, 0) is 4.74 Å². The number of benzene rings is 1. The Bertz CT molecular complexity index is 528.